The van der Waals surface area contributed by atoms with Gasteiger partial charge in [0.25, 0.3) is 5.91 Å². The van der Waals surface area contributed by atoms with Gasteiger partial charge >= 0.3 is 0 Å². The van der Waals surface area contributed by atoms with Crippen LogP contribution in [0.5, 0.6) is 5.75 Å². The van der Waals surface area contributed by atoms with E-state index in [-0.39, 0.29) is 18.3 Å². The summed E-state index contributed by atoms with van der Waals surface area (Å²) in [4.78, 5) is 19.1. The fourth-order valence-corrected chi connectivity index (χ4v) is 3.59. The van der Waals surface area contributed by atoms with Crippen molar-refractivity contribution in [3.8, 4) is 5.75 Å². The van der Waals surface area contributed by atoms with E-state index < -0.39 is 0 Å². The summed E-state index contributed by atoms with van der Waals surface area (Å²) < 4.78 is 19.0. The highest BCUT2D eigenvalue weighted by atomic mass is 19.1. The number of nitrogens with zero attached hydrogens (tertiary/aromatic N) is 2. The van der Waals surface area contributed by atoms with E-state index in [4.69, 9.17) is 4.74 Å². The van der Waals surface area contributed by atoms with Crippen LogP contribution >= 0.6 is 0 Å². The molecule has 1 amide bonds. The van der Waals surface area contributed by atoms with E-state index in [0.29, 0.717) is 30.4 Å². The number of piperidine rings is 1. The van der Waals surface area contributed by atoms with E-state index in [0.717, 1.165) is 24.1 Å². The van der Waals surface area contributed by atoms with Gasteiger partial charge in [-0.05, 0) is 54.8 Å². The molecule has 3 aromatic rings. The maximum absolute atomic E-state index is 13.1. The van der Waals surface area contributed by atoms with Crippen LogP contribution in [0.3, 0.4) is 0 Å². The molecule has 6 heteroatoms. The molecule has 2 heterocycles. The maximum Gasteiger partial charge on any atom is 0.257 e. The van der Waals surface area contributed by atoms with Crippen LogP contribution in [0, 0.1) is 5.82 Å². The second kappa shape index (κ2) is 9.39. The molecule has 0 bridgehead atoms. The Morgan fingerprint density at radius 2 is 1.83 bits per heavy atom. The quantitative estimate of drug-likeness (QED) is 0.655. The topological polar surface area (TPSA) is 54.5 Å². The average molecular weight is 405 g/mol. The molecule has 1 saturated heterocycles. The average Bonchev–Trinajstić information content (AvgIpc) is 2.80. The van der Waals surface area contributed by atoms with Crippen molar-refractivity contribution in [2.24, 2.45) is 0 Å². The predicted octanol–water partition coefficient (Wildman–Crippen LogP) is 4.52. The van der Waals surface area contributed by atoms with E-state index in [1.54, 1.807) is 30.5 Å². The highest BCUT2D eigenvalue weighted by Gasteiger charge is 2.25. The first-order valence-electron chi connectivity index (χ1n) is 10.1. The standard InChI is InChI=1S/C24H24FN3O2/c25-19-9-7-18(8-10-19)17-30-23-6-2-1-5-22(23)24(29)28-14-11-20(12-15-28)27-21-4-3-13-26-16-21/h1-10,13,16,20,27H,11-12,14-15,17H2. The molecule has 1 fully saturated rings. The number of hydrogen-bond donors (Lipinski definition) is 1. The Kier molecular flexibility index (Phi) is 6.23. The number of benzene rings is 2. The van der Waals surface area contributed by atoms with Crippen molar-refractivity contribution in [3.63, 3.8) is 0 Å². The lowest BCUT2D eigenvalue weighted by atomic mass is 10.0. The van der Waals surface area contributed by atoms with Crippen molar-refractivity contribution in [1.82, 2.24) is 9.88 Å². The van der Waals surface area contributed by atoms with E-state index in [1.807, 2.05) is 35.4 Å². The van der Waals surface area contributed by atoms with Crippen LogP contribution in [0.4, 0.5) is 10.1 Å². The Balaban J connectivity index is 1.36. The number of carbonyl (C=O) groups excluding carboxylic acids is 1. The molecule has 154 valence electrons. The molecule has 0 atom stereocenters. The summed E-state index contributed by atoms with van der Waals surface area (Å²) >= 11 is 0. The number of anilines is 1. The molecule has 1 N–H and O–H groups in total. The molecule has 0 spiro atoms. The van der Waals surface area contributed by atoms with Crippen LogP contribution in [0.1, 0.15) is 28.8 Å². The summed E-state index contributed by atoms with van der Waals surface area (Å²) in [5.74, 6) is 0.239. The molecule has 2 aromatic carbocycles. The zero-order valence-electron chi connectivity index (χ0n) is 16.6. The maximum atomic E-state index is 13.1. The molecular formula is C24H24FN3O2. The van der Waals surface area contributed by atoms with Crippen molar-refractivity contribution in [1.29, 1.82) is 0 Å². The number of halogens is 1. The Morgan fingerprint density at radius 3 is 2.57 bits per heavy atom. The molecule has 0 aliphatic carbocycles. The van der Waals surface area contributed by atoms with Gasteiger partial charge in [-0.3, -0.25) is 9.78 Å². The van der Waals surface area contributed by atoms with Gasteiger partial charge in [-0.1, -0.05) is 24.3 Å². The number of carbonyl (C=O) groups is 1. The summed E-state index contributed by atoms with van der Waals surface area (Å²) in [6, 6.07) is 17.7. The monoisotopic (exact) mass is 405 g/mol. The van der Waals surface area contributed by atoms with Crippen LogP contribution in [0.15, 0.2) is 73.1 Å². The van der Waals surface area contributed by atoms with Gasteiger partial charge in [0.05, 0.1) is 11.3 Å². The van der Waals surface area contributed by atoms with E-state index in [2.05, 4.69) is 10.3 Å². The lowest BCUT2D eigenvalue weighted by Crippen LogP contribution is -2.42. The minimum absolute atomic E-state index is 0.0236. The number of aromatic nitrogens is 1. The zero-order valence-corrected chi connectivity index (χ0v) is 16.6. The van der Waals surface area contributed by atoms with Gasteiger partial charge in [0.15, 0.2) is 0 Å². The number of nitrogens with one attached hydrogen (secondary N) is 1. The van der Waals surface area contributed by atoms with Gasteiger partial charge in [0, 0.05) is 31.5 Å². The molecule has 0 unspecified atom stereocenters. The number of ether oxygens (including phenoxy) is 1. The summed E-state index contributed by atoms with van der Waals surface area (Å²) in [6.45, 7) is 1.65. The van der Waals surface area contributed by atoms with Gasteiger partial charge in [-0.15, -0.1) is 0 Å². The van der Waals surface area contributed by atoms with Crippen LogP contribution in [0.25, 0.3) is 0 Å². The van der Waals surface area contributed by atoms with E-state index >= 15 is 0 Å². The van der Waals surface area contributed by atoms with Crippen LogP contribution in [-0.4, -0.2) is 34.9 Å². The van der Waals surface area contributed by atoms with Crippen molar-refractivity contribution in [2.45, 2.75) is 25.5 Å². The molecule has 1 aliphatic rings. The molecule has 1 aliphatic heterocycles. The highest BCUT2D eigenvalue weighted by Crippen LogP contribution is 2.24. The van der Waals surface area contributed by atoms with Crippen molar-refractivity contribution in [2.75, 3.05) is 18.4 Å². The van der Waals surface area contributed by atoms with Gasteiger partial charge in [0.2, 0.25) is 0 Å². The first-order chi connectivity index (χ1) is 14.7. The van der Waals surface area contributed by atoms with Crippen molar-refractivity contribution < 1.29 is 13.9 Å². The number of likely N-dealkylation sites (tertiary alicyclic amines) is 1. The molecular weight excluding hydrogens is 381 g/mol. The highest BCUT2D eigenvalue weighted by molar-refractivity contribution is 5.97. The smallest absolute Gasteiger partial charge is 0.257 e. The van der Waals surface area contributed by atoms with Gasteiger partial charge in [-0.25, -0.2) is 4.39 Å². The number of rotatable bonds is 6. The third-order valence-electron chi connectivity index (χ3n) is 5.24. The number of para-hydroxylation sites is 1. The summed E-state index contributed by atoms with van der Waals surface area (Å²) in [6.07, 6.45) is 5.31. The molecule has 5 nitrogen and oxygen atoms in total. The first kappa shape index (κ1) is 19.9. The number of pyridine rings is 1. The van der Waals surface area contributed by atoms with Gasteiger partial charge in [-0.2, -0.15) is 0 Å². The third-order valence-corrected chi connectivity index (χ3v) is 5.24. The Labute approximate surface area is 175 Å². The van der Waals surface area contributed by atoms with Gasteiger partial charge in [0.1, 0.15) is 18.2 Å². The normalized spacial score (nSPS) is 14.4. The number of amides is 1. The lowest BCUT2D eigenvalue weighted by Gasteiger charge is -2.33. The van der Waals surface area contributed by atoms with E-state index in [1.165, 1.54) is 12.1 Å². The third kappa shape index (κ3) is 4.95. The summed E-state index contributed by atoms with van der Waals surface area (Å²) in [5.41, 5.74) is 2.40. The van der Waals surface area contributed by atoms with Crippen LogP contribution in [0.2, 0.25) is 0 Å². The SMILES string of the molecule is O=C(c1ccccc1OCc1ccc(F)cc1)N1CCC(Nc2cccnc2)CC1. The van der Waals surface area contributed by atoms with Crippen molar-refractivity contribution in [3.05, 3.63) is 90.0 Å². The first-order valence-corrected chi connectivity index (χ1v) is 10.1. The Morgan fingerprint density at radius 1 is 1.07 bits per heavy atom. The predicted molar refractivity (Wildman–Crippen MR) is 114 cm³/mol. The second-order valence-corrected chi connectivity index (χ2v) is 7.36. The summed E-state index contributed by atoms with van der Waals surface area (Å²) in [5, 5.41) is 3.48. The van der Waals surface area contributed by atoms with Crippen molar-refractivity contribution >= 4 is 11.6 Å². The number of hydrogen-bond acceptors (Lipinski definition) is 4. The molecule has 1 aromatic heterocycles. The molecule has 0 radical (unpaired) electrons. The Bertz CT molecular complexity index is 971. The Hall–Kier alpha value is -3.41. The zero-order chi connectivity index (χ0) is 20.8. The fourth-order valence-electron chi connectivity index (χ4n) is 3.59. The fraction of sp³-hybridized carbons (Fsp3) is 0.250. The summed E-state index contributed by atoms with van der Waals surface area (Å²) in [7, 11) is 0. The van der Waals surface area contributed by atoms with Gasteiger partial charge < -0.3 is 15.0 Å². The minimum Gasteiger partial charge on any atom is -0.488 e. The second-order valence-electron chi connectivity index (χ2n) is 7.36. The largest absolute Gasteiger partial charge is 0.488 e. The lowest BCUT2D eigenvalue weighted by molar-refractivity contribution is 0.0713. The molecule has 30 heavy (non-hydrogen) atoms. The van der Waals surface area contributed by atoms with Crippen LogP contribution < -0.4 is 10.1 Å². The molecule has 0 saturated carbocycles. The van der Waals surface area contributed by atoms with E-state index in [9.17, 15) is 9.18 Å². The molecule has 4 rings (SSSR count). The van der Waals surface area contributed by atoms with Crippen LogP contribution in [-0.2, 0) is 6.61 Å². The minimum atomic E-state index is -0.282.